The van der Waals surface area contributed by atoms with E-state index >= 15 is 0 Å². The topological polar surface area (TPSA) is 119 Å². The molecule has 0 unspecified atom stereocenters. The fourth-order valence-corrected chi connectivity index (χ4v) is 5.19. The Hall–Kier alpha value is -2.22. The van der Waals surface area contributed by atoms with Gasteiger partial charge in [-0.25, -0.2) is 0 Å². The maximum atomic E-state index is 12.3. The fraction of sp³-hybridized carbons (Fsp3) is 0.250. The van der Waals surface area contributed by atoms with Crippen molar-refractivity contribution in [1.82, 2.24) is 20.4 Å². The highest BCUT2D eigenvalue weighted by Crippen LogP contribution is 2.27. The lowest BCUT2D eigenvalue weighted by atomic mass is 10.2. The zero-order valence-corrected chi connectivity index (χ0v) is 18.6. The predicted molar refractivity (Wildman–Crippen MR) is 117 cm³/mol. The van der Waals surface area contributed by atoms with Gasteiger partial charge >= 0.3 is 0 Å². The highest BCUT2D eigenvalue weighted by molar-refractivity contribution is 8.01. The normalized spacial score (nSPS) is 10.6. The molecule has 3 aromatic rings. The standard InChI is InChI=1S/C16H16N6O3S4/c1-3-26-15-21-19-13(28-15)17-11(23)8-27-16-22-20-14(29-16)18-12(24)9-5-4-6-10(7-9)25-2/h4-7H,3,8H2,1-2H3,(H,17,19,23)(H,18,20,24). The van der Waals surface area contributed by atoms with Crippen LogP contribution in [0.5, 0.6) is 5.75 Å². The van der Waals surface area contributed by atoms with Crippen LogP contribution in [0.25, 0.3) is 0 Å². The number of amides is 2. The summed E-state index contributed by atoms with van der Waals surface area (Å²) in [6.07, 6.45) is 0. The number of methoxy groups -OCH3 is 1. The molecule has 2 N–H and O–H groups in total. The summed E-state index contributed by atoms with van der Waals surface area (Å²) in [5.41, 5.74) is 0.450. The van der Waals surface area contributed by atoms with Gasteiger partial charge in [0, 0.05) is 5.56 Å². The Bertz CT molecular complexity index is 992. The van der Waals surface area contributed by atoms with Crippen LogP contribution in [0.2, 0.25) is 0 Å². The Labute approximate surface area is 183 Å². The van der Waals surface area contributed by atoms with Gasteiger partial charge in [-0.2, -0.15) is 0 Å². The summed E-state index contributed by atoms with van der Waals surface area (Å²) < 4.78 is 6.50. The summed E-state index contributed by atoms with van der Waals surface area (Å²) >= 11 is 5.33. The fourth-order valence-electron chi connectivity index (χ4n) is 1.98. The van der Waals surface area contributed by atoms with Crippen molar-refractivity contribution < 1.29 is 14.3 Å². The molecule has 0 fully saturated rings. The number of nitrogens with zero attached hydrogens (tertiary/aromatic N) is 4. The number of carbonyl (C=O) groups excluding carboxylic acids is 2. The summed E-state index contributed by atoms with van der Waals surface area (Å²) in [6.45, 7) is 2.02. The Morgan fingerprint density at radius 3 is 2.41 bits per heavy atom. The number of rotatable bonds is 9. The number of nitrogens with one attached hydrogen (secondary N) is 2. The molecule has 0 saturated heterocycles. The van der Waals surface area contributed by atoms with Crippen LogP contribution in [0.3, 0.4) is 0 Å². The molecule has 0 bridgehead atoms. The molecule has 29 heavy (non-hydrogen) atoms. The van der Waals surface area contributed by atoms with Crippen molar-refractivity contribution in [3.63, 3.8) is 0 Å². The van der Waals surface area contributed by atoms with Gasteiger partial charge in [-0.1, -0.05) is 59.2 Å². The second-order valence-corrected chi connectivity index (χ2v) is 9.89. The van der Waals surface area contributed by atoms with Crippen LogP contribution >= 0.6 is 46.2 Å². The summed E-state index contributed by atoms with van der Waals surface area (Å²) in [5, 5.41) is 22.1. The summed E-state index contributed by atoms with van der Waals surface area (Å²) in [7, 11) is 1.54. The molecular weight excluding hydrogens is 452 g/mol. The molecule has 0 aliphatic rings. The van der Waals surface area contributed by atoms with Crippen molar-refractivity contribution in [2.45, 2.75) is 15.6 Å². The van der Waals surface area contributed by atoms with Gasteiger partial charge in [0.05, 0.1) is 12.9 Å². The third-order valence-electron chi connectivity index (χ3n) is 3.21. The summed E-state index contributed by atoms with van der Waals surface area (Å²) in [6, 6.07) is 6.80. The van der Waals surface area contributed by atoms with Gasteiger partial charge in [-0.05, 0) is 24.0 Å². The third-order valence-corrected chi connectivity index (χ3v) is 7.03. The number of hydrogen-bond acceptors (Lipinski definition) is 11. The number of benzene rings is 1. The number of anilines is 2. The first-order chi connectivity index (χ1) is 14.1. The number of aromatic nitrogens is 4. The molecule has 2 aromatic heterocycles. The maximum Gasteiger partial charge on any atom is 0.257 e. The minimum atomic E-state index is -0.314. The smallest absolute Gasteiger partial charge is 0.257 e. The Morgan fingerprint density at radius 2 is 1.72 bits per heavy atom. The van der Waals surface area contributed by atoms with Gasteiger partial charge in [0.25, 0.3) is 5.91 Å². The lowest BCUT2D eigenvalue weighted by Gasteiger charge is -2.03. The molecule has 13 heteroatoms. The van der Waals surface area contributed by atoms with Crippen LogP contribution in [0.15, 0.2) is 32.9 Å². The quantitative estimate of drug-likeness (QED) is 0.359. The van der Waals surface area contributed by atoms with Crippen LogP contribution in [-0.2, 0) is 4.79 Å². The first-order valence-electron chi connectivity index (χ1n) is 8.25. The Balaban J connectivity index is 1.49. The van der Waals surface area contributed by atoms with Crippen molar-refractivity contribution in [1.29, 1.82) is 0 Å². The second kappa shape index (κ2) is 10.5. The third kappa shape index (κ3) is 6.39. The molecule has 1 aromatic carbocycles. The first kappa shape index (κ1) is 21.5. The van der Waals surface area contributed by atoms with Gasteiger partial charge in [-0.15, -0.1) is 20.4 Å². The van der Waals surface area contributed by atoms with E-state index in [0.29, 0.717) is 25.9 Å². The van der Waals surface area contributed by atoms with E-state index in [9.17, 15) is 9.59 Å². The number of thioether (sulfide) groups is 2. The monoisotopic (exact) mass is 468 g/mol. The molecular formula is C16H16N6O3S4. The van der Waals surface area contributed by atoms with Crippen molar-refractivity contribution in [3.05, 3.63) is 29.8 Å². The molecule has 152 valence electrons. The average molecular weight is 469 g/mol. The number of carbonyl (C=O) groups is 2. The van der Waals surface area contributed by atoms with Crippen LogP contribution in [-0.4, -0.2) is 50.8 Å². The summed E-state index contributed by atoms with van der Waals surface area (Å²) in [5.74, 6) is 1.11. The molecule has 0 saturated carbocycles. The molecule has 0 spiro atoms. The van der Waals surface area contributed by atoms with Crippen LogP contribution in [0, 0.1) is 0 Å². The van der Waals surface area contributed by atoms with E-state index in [1.807, 2.05) is 6.92 Å². The van der Waals surface area contributed by atoms with Crippen molar-refractivity contribution in [3.8, 4) is 5.75 Å². The van der Waals surface area contributed by atoms with Gasteiger partial charge in [0.15, 0.2) is 8.68 Å². The van der Waals surface area contributed by atoms with Crippen LogP contribution in [0.4, 0.5) is 10.3 Å². The highest BCUT2D eigenvalue weighted by Gasteiger charge is 2.13. The Kier molecular flexibility index (Phi) is 7.80. The van der Waals surface area contributed by atoms with Crippen molar-refractivity contribution in [2.24, 2.45) is 0 Å². The highest BCUT2D eigenvalue weighted by atomic mass is 32.2. The van der Waals surface area contributed by atoms with E-state index in [0.717, 1.165) is 10.1 Å². The molecule has 2 amide bonds. The Morgan fingerprint density at radius 1 is 1.03 bits per heavy atom. The van der Waals surface area contributed by atoms with Crippen LogP contribution < -0.4 is 15.4 Å². The van der Waals surface area contributed by atoms with Gasteiger partial charge in [0.1, 0.15) is 5.75 Å². The predicted octanol–water partition coefficient (Wildman–Crippen LogP) is 3.49. The van der Waals surface area contributed by atoms with E-state index < -0.39 is 0 Å². The van der Waals surface area contributed by atoms with E-state index in [-0.39, 0.29) is 17.6 Å². The minimum absolute atomic E-state index is 0.147. The van der Waals surface area contributed by atoms with Crippen molar-refractivity contribution >= 4 is 68.3 Å². The van der Waals surface area contributed by atoms with Crippen LogP contribution in [0.1, 0.15) is 17.3 Å². The van der Waals surface area contributed by atoms with E-state index in [2.05, 4.69) is 31.0 Å². The molecule has 0 aliphatic carbocycles. The largest absolute Gasteiger partial charge is 0.497 e. The van der Waals surface area contributed by atoms with E-state index in [1.165, 1.54) is 41.5 Å². The zero-order valence-electron chi connectivity index (χ0n) is 15.4. The van der Waals surface area contributed by atoms with Gasteiger partial charge in [-0.3, -0.25) is 20.2 Å². The second-order valence-electron chi connectivity index (χ2n) is 5.20. The average Bonchev–Trinajstić information content (AvgIpc) is 3.36. The maximum absolute atomic E-state index is 12.3. The van der Waals surface area contributed by atoms with Crippen molar-refractivity contribution in [2.75, 3.05) is 29.2 Å². The zero-order chi connectivity index (χ0) is 20.6. The lowest BCUT2D eigenvalue weighted by Crippen LogP contribution is -2.13. The minimum Gasteiger partial charge on any atom is -0.497 e. The molecule has 0 aliphatic heterocycles. The first-order valence-corrected chi connectivity index (χ1v) is 11.9. The lowest BCUT2D eigenvalue weighted by molar-refractivity contribution is -0.113. The SMILES string of the molecule is CCSc1nnc(NC(=O)CSc2nnc(NC(=O)c3cccc(OC)c3)s2)s1. The molecule has 3 rings (SSSR count). The molecule has 2 heterocycles. The van der Waals surface area contributed by atoms with Gasteiger partial charge < -0.3 is 4.74 Å². The molecule has 0 atom stereocenters. The van der Waals surface area contributed by atoms with E-state index in [1.54, 1.807) is 36.0 Å². The number of ether oxygens (including phenoxy) is 1. The van der Waals surface area contributed by atoms with Gasteiger partial charge in [0.2, 0.25) is 16.2 Å². The summed E-state index contributed by atoms with van der Waals surface area (Å²) in [4.78, 5) is 24.4. The molecule has 9 nitrogen and oxygen atoms in total. The number of hydrogen-bond donors (Lipinski definition) is 2. The van der Waals surface area contributed by atoms with E-state index in [4.69, 9.17) is 4.74 Å². The molecule has 0 radical (unpaired) electrons.